The first kappa shape index (κ1) is 19.4. The molecule has 0 aliphatic rings. The number of methoxy groups -OCH3 is 1. The van der Waals surface area contributed by atoms with Gasteiger partial charge in [-0.25, -0.2) is 0 Å². The molecule has 0 unspecified atom stereocenters. The van der Waals surface area contributed by atoms with Crippen LogP contribution >= 0.6 is 0 Å². The maximum absolute atomic E-state index is 12.4. The number of aromatic nitrogens is 2. The topological polar surface area (TPSA) is 86.5 Å². The molecule has 0 saturated heterocycles. The number of rotatable bonds is 7. The van der Waals surface area contributed by atoms with Gasteiger partial charge in [0.05, 0.1) is 13.7 Å². The van der Waals surface area contributed by atoms with Crippen molar-refractivity contribution in [1.82, 2.24) is 15.5 Å². The predicted octanol–water partition coefficient (Wildman–Crippen LogP) is 3.98. The second-order valence-corrected chi connectivity index (χ2v) is 6.73. The second-order valence-electron chi connectivity index (χ2n) is 6.73. The molecule has 0 fully saturated rings. The molecule has 0 spiro atoms. The summed E-state index contributed by atoms with van der Waals surface area (Å²) in [6.07, 6.45) is -0.671. The number of amides is 1. The molecule has 4 aromatic rings. The summed E-state index contributed by atoms with van der Waals surface area (Å²) in [6.45, 7) is 1.81. The molecule has 4 rings (SSSR count). The van der Waals surface area contributed by atoms with E-state index in [0.29, 0.717) is 17.5 Å². The molecule has 0 saturated carbocycles. The van der Waals surface area contributed by atoms with Crippen molar-refractivity contribution in [3.8, 4) is 22.9 Å². The van der Waals surface area contributed by atoms with Gasteiger partial charge in [0, 0.05) is 5.56 Å². The van der Waals surface area contributed by atoms with E-state index in [-0.39, 0.29) is 12.5 Å². The first-order valence-electron chi connectivity index (χ1n) is 9.52. The van der Waals surface area contributed by atoms with Crippen LogP contribution in [0.1, 0.15) is 12.8 Å². The molecule has 30 heavy (non-hydrogen) atoms. The number of carbonyl (C=O) groups is 1. The zero-order chi connectivity index (χ0) is 20.9. The van der Waals surface area contributed by atoms with Crippen LogP contribution in [0.2, 0.25) is 0 Å². The zero-order valence-electron chi connectivity index (χ0n) is 16.7. The third kappa shape index (κ3) is 4.41. The van der Waals surface area contributed by atoms with Crippen LogP contribution in [0.3, 0.4) is 0 Å². The van der Waals surface area contributed by atoms with Crippen molar-refractivity contribution in [3.63, 3.8) is 0 Å². The van der Waals surface area contributed by atoms with Crippen LogP contribution in [0, 0.1) is 0 Å². The normalized spacial score (nSPS) is 11.8. The van der Waals surface area contributed by atoms with Crippen LogP contribution in [0.5, 0.6) is 11.5 Å². The highest BCUT2D eigenvalue weighted by Crippen LogP contribution is 2.22. The lowest BCUT2D eigenvalue weighted by atomic mass is 10.1. The Labute approximate surface area is 173 Å². The highest BCUT2D eigenvalue weighted by Gasteiger charge is 2.16. The van der Waals surface area contributed by atoms with Crippen LogP contribution in [0.4, 0.5) is 0 Å². The summed E-state index contributed by atoms with van der Waals surface area (Å²) in [5.74, 6) is 1.87. The molecule has 1 N–H and O–H groups in total. The lowest BCUT2D eigenvalue weighted by molar-refractivity contribution is -0.127. The SMILES string of the molecule is COc1ccc(-c2noc(CNC(=O)[C@H](C)Oc3ccc4ccccc4c3)n2)cc1. The Morgan fingerprint density at radius 1 is 1.03 bits per heavy atom. The third-order valence-electron chi connectivity index (χ3n) is 4.63. The van der Waals surface area contributed by atoms with Crippen LogP contribution in [0.25, 0.3) is 22.2 Å². The van der Waals surface area contributed by atoms with Gasteiger partial charge >= 0.3 is 0 Å². The Morgan fingerprint density at radius 3 is 2.53 bits per heavy atom. The van der Waals surface area contributed by atoms with Crippen molar-refractivity contribution in [2.75, 3.05) is 7.11 Å². The fraction of sp³-hybridized carbons (Fsp3) is 0.174. The minimum absolute atomic E-state index is 0.118. The molecule has 1 amide bonds. The fourth-order valence-electron chi connectivity index (χ4n) is 2.99. The highest BCUT2D eigenvalue weighted by atomic mass is 16.5. The zero-order valence-corrected chi connectivity index (χ0v) is 16.7. The van der Waals surface area contributed by atoms with Gasteiger partial charge in [0.15, 0.2) is 6.10 Å². The molecule has 1 aromatic heterocycles. The van der Waals surface area contributed by atoms with Crippen LogP contribution in [-0.2, 0) is 11.3 Å². The number of benzene rings is 3. The molecule has 3 aromatic carbocycles. The average molecular weight is 403 g/mol. The summed E-state index contributed by atoms with van der Waals surface area (Å²) in [5.41, 5.74) is 0.796. The van der Waals surface area contributed by atoms with Gasteiger partial charge in [0.2, 0.25) is 11.7 Å². The Hall–Kier alpha value is -3.87. The molecule has 1 heterocycles. The number of fused-ring (bicyclic) bond motifs is 1. The Bertz CT molecular complexity index is 1150. The van der Waals surface area contributed by atoms with E-state index in [1.54, 1.807) is 14.0 Å². The third-order valence-corrected chi connectivity index (χ3v) is 4.63. The van der Waals surface area contributed by atoms with Crippen molar-refractivity contribution in [3.05, 3.63) is 72.6 Å². The molecule has 0 bridgehead atoms. The summed E-state index contributed by atoms with van der Waals surface area (Å²) in [7, 11) is 1.61. The fourth-order valence-corrected chi connectivity index (χ4v) is 2.99. The van der Waals surface area contributed by atoms with Crippen molar-refractivity contribution >= 4 is 16.7 Å². The number of nitrogens with one attached hydrogen (secondary N) is 1. The number of hydrogen-bond donors (Lipinski definition) is 1. The van der Waals surface area contributed by atoms with Crippen molar-refractivity contribution in [2.45, 2.75) is 19.6 Å². The summed E-state index contributed by atoms with van der Waals surface area (Å²) in [6, 6.07) is 21.0. The maximum atomic E-state index is 12.4. The van der Waals surface area contributed by atoms with Gasteiger partial charge in [-0.1, -0.05) is 35.5 Å². The van der Waals surface area contributed by atoms with E-state index in [2.05, 4.69) is 15.5 Å². The van der Waals surface area contributed by atoms with E-state index in [4.69, 9.17) is 14.0 Å². The van der Waals surface area contributed by atoms with E-state index in [0.717, 1.165) is 22.1 Å². The lowest BCUT2D eigenvalue weighted by Crippen LogP contribution is -2.35. The van der Waals surface area contributed by atoms with Gasteiger partial charge in [-0.05, 0) is 54.1 Å². The predicted molar refractivity (Wildman–Crippen MR) is 112 cm³/mol. The van der Waals surface area contributed by atoms with Crippen molar-refractivity contribution in [2.24, 2.45) is 0 Å². The summed E-state index contributed by atoms with van der Waals surface area (Å²) < 4.78 is 16.1. The summed E-state index contributed by atoms with van der Waals surface area (Å²) in [4.78, 5) is 16.7. The molecule has 0 aliphatic carbocycles. The van der Waals surface area contributed by atoms with E-state index in [9.17, 15) is 4.79 Å². The standard InChI is InChI=1S/C23H21N3O4/c1-15(29-20-12-7-16-5-3-4-6-18(16)13-20)23(27)24-14-21-25-22(26-30-21)17-8-10-19(28-2)11-9-17/h3-13,15H,14H2,1-2H3,(H,24,27)/t15-/m0/s1. The highest BCUT2D eigenvalue weighted by molar-refractivity contribution is 5.84. The largest absolute Gasteiger partial charge is 0.497 e. The summed E-state index contributed by atoms with van der Waals surface area (Å²) >= 11 is 0. The van der Waals surface area contributed by atoms with Crippen LogP contribution < -0.4 is 14.8 Å². The van der Waals surface area contributed by atoms with E-state index in [1.165, 1.54) is 0 Å². The molecule has 0 aliphatic heterocycles. The van der Waals surface area contributed by atoms with E-state index in [1.807, 2.05) is 66.7 Å². The van der Waals surface area contributed by atoms with Crippen molar-refractivity contribution < 1.29 is 18.8 Å². The van der Waals surface area contributed by atoms with E-state index < -0.39 is 6.10 Å². The van der Waals surface area contributed by atoms with Gasteiger partial charge in [0.1, 0.15) is 11.5 Å². The molecule has 7 heteroatoms. The minimum atomic E-state index is -0.671. The second kappa shape index (κ2) is 8.65. The molecule has 152 valence electrons. The molecule has 7 nitrogen and oxygen atoms in total. The van der Waals surface area contributed by atoms with Gasteiger partial charge in [-0.2, -0.15) is 4.98 Å². The maximum Gasteiger partial charge on any atom is 0.261 e. The smallest absolute Gasteiger partial charge is 0.261 e. The van der Waals surface area contributed by atoms with Gasteiger partial charge in [-0.3, -0.25) is 4.79 Å². The quantitative estimate of drug-likeness (QED) is 0.502. The molecule has 0 radical (unpaired) electrons. The first-order valence-corrected chi connectivity index (χ1v) is 9.52. The van der Waals surface area contributed by atoms with Crippen molar-refractivity contribution in [1.29, 1.82) is 0 Å². The first-order chi connectivity index (χ1) is 14.6. The molecular formula is C23H21N3O4. The van der Waals surface area contributed by atoms with E-state index >= 15 is 0 Å². The van der Waals surface area contributed by atoms with Gasteiger partial charge in [0.25, 0.3) is 5.91 Å². The van der Waals surface area contributed by atoms with Crippen LogP contribution in [-0.4, -0.2) is 29.3 Å². The minimum Gasteiger partial charge on any atom is -0.497 e. The Morgan fingerprint density at radius 2 is 1.77 bits per heavy atom. The lowest BCUT2D eigenvalue weighted by Gasteiger charge is -2.14. The summed E-state index contributed by atoms with van der Waals surface area (Å²) in [5, 5.41) is 8.88. The number of nitrogens with zero attached hydrogens (tertiary/aromatic N) is 2. The van der Waals surface area contributed by atoms with Gasteiger partial charge in [-0.15, -0.1) is 0 Å². The monoisotopic (exact) mass is 403 g/mol. The number of ether oxygens (including phenoxy) is 2. The van der Waals surface area contributed by atoms with Gasteiger partial charge < -0.3 is 19.3 Å². The molecular weight excluding hydrogens is 382 g/mol. The Balaban J connectivity index is 1.34. The number of hydrogen-bond acceptors (Lipinski definition) is 6. The molecule has 1 atom stereocenters. The Kier molecular flexibility index (Phi) is 5.61. The average Bonchev–Trinajstić information content (AvgIpc) is 3.26. The number of carbonyl (C=O) groups excluding carboxylic acids is 1. The van der Waals surface area contributed by atoms with Crippen LogP contribution in [0.15, 0.2) is 71.3 Å².